The first-order valence-electron chi connectivity index (χ1n) is 10.4. The van der Waals surface area contributed by atoms with Gasteiger partial charge in [-0.1, -0.05) is 24.3 Å². The number of aromatic nitrogens is 1. The second-order valence-corrected chi connectivity index (χ2v) is 8.20. The number of carbonyl (C=O) groups excluding carboxylic acids is 1. The Morgan fingerprint density at radius 2 is 1.90 bits per heavy atom. The molecular formula is C24H26N2O4. The quantitative estimate of drug-likeness (QED) is 0.706. The lowest BCUT2D eigenvalue weighted by atomic mass is 9.74. The maximum Gasteiger partial charge on any atom is 0.231 e. The number of rotatable bonds is 5. The maximum absolute atomic E-state index is 12.9. The summed E-state index contributed by atoms with van der Waals surface area (Å²) in [5, 5.41) is 4.34. The number of nitrogens with zero attached hydrogens (tertiary/aromatic N) is 1. The Labute approximate surface area is 175 Å². The van der Waals surface area contributed by atoms with Crippen molar-refractivity contribution in [1.82, 2.24) is 9.88 Å². The van der Waals surface area contributed by atoms with Gasteiger partial charge >= 0.3 is 0 Å². The predicted molar refractivity (Wildman–Crippen MR) is 114 cm³/mol. The third-order valence-electron chi connectivity index (χ3n) is 6.39. The van der Waals surface area contributed by atoms with Gasteiger partial charge in [-0.05, 0) is 42.2 Å². The standard InChI is InChI=1S/C24H26N2O4/c1-26-14-17(19-4-2-3-5-20(19)26)12-23(27)25-15-24(8-10-28-11-9-24)18-6-7-21-22(13-18)30-16-29-21/h2-7,13-14H,8-12,15-16H2,1H3,(H,25,27). The molecule has 1 saturated heterocycles. The smallest absolute Gasteiger partial charge is 0.231 e. The van der Waals surface area contributed by atoms with Crippen LogP contribution in [0.25, 0.3) is 10.9 Å². The molecule has 0 aliphatic carbocycles. The Bertz CT molecular complexity index is 1080. The summed E-state index contributed by atoms with van der Waals surface area (Å²) in [5.74, 6) is 1.60. The van der Waals surface area contributed by atoms with Crippen LogP contribution in [0.15, 0.2) is 48.7 Å². The summed E-state index contributed by atoms with van der Waals surface area (Å²) in [5.41, 5.74) is 3.20. The van der Waals surface area contributed by atoms with Crippen molar-refractivity contribution in [3.63, 3.8) is 0 Å². The van der Waals surface area contributed by atoms with Gasteiger partial charge in [0.1, 0.15) is 0 Å². The molecule has 3 aromatic rings. The van der Waals surface area contributed by atoms with Gasteiger partial charge in [-0.15, -0.1) is 0 Å². The zero-order valence-corrected chi connectivity index (χ0v) is 17.1. The topological polar surface area (TPSA) is 61.7 Å². The third-order valence-corrected chi connectivity index (χ3v) is 6.39. The number of amides is 1. The molecule has 0 saturated carbocycles. The molecule has 2 aliphatic rings. The van der Waals surface area contributed by atoms with Crippen molar-refractivity contribution in [2.45, 2.75) is 24.7 Å². The van der Waals surface area contributed by atoms with Crippen molar-refractivity contribution in [1.29, 1.82) is 0 Å². The van der Waals surface area contributed by atoms with Crippen molar-refractivity contribution in [2.75, 3.05) is 26.6 Å². The van der Waals surface area contributed by atoms with Crippen molar-refractivity contribution in [2.24, 2.45) is 7.05 Å². The first-order chi connectivity index (χ1) is 14.6. The highest BCUT2D eigenvalue weighted by Gasteiger charge is 2.36. The second kappa shape index (κ2) is 7.69. The molecule has 0 bridgehead atoms. The van der Waals surface area contributed by atoms with E-state index in [9.17, 15) is 4.79 Å². The zero-order valence-electron chi connectivity index (χ0n) is 17.1. The number of hydrogen-bond donors (Lipinski definition) is 1. The number of ether oxygens (including phenoxy) is 3. The van der Waals surface area contributed by atoms with E-state index >= 15 is 0 Å². The molecular weight excluding hydrogens is 380 g/mol. The highest BCUT2D eigenvalue weighted by Crippen LogP contribution is 2.40. The van der Waals surface area contributed by atoms with Crippen LogP contribution in [0.1, 0.15) is 24.0 Å². The molecule has 0 spiro atoms. The molecule has 5 rings (SSSR count). The summed E-state index contributed by atoms with van der Waals surface area (Å²) < 4.78 is 18.7. The van der Waals surface area contributed by atoms with Gasteiger partial charge in [-0.3, -0.25) is 4.79 Å². The SMILES string of the molecule is Cn1cc(CC(=O)NCC2(c3ccc4c(c3)OCO4)CCOCC2)c2ccccc21. The highest BCUT2D eigenvalue weighted by atomic mass is 16.7. The Kier molecular flexibility index (Phi) is 4.87. The Morgan fingerprint density at radius 1 is 1.10 bits per heavy atom. The van der Waals surface area contributed by atoms with Crippen LogP contribution in [0.3, 0.4) is 0 Å². The minimum absolute atomic E-state index is 0.0398. The first-order valence-corrected chi connectivity index (χ1v) is 10.4. The number of fused-ring (bicyclic) bond motifs is 2. The van der Waals surface area contributed by atoms with E-state index in [1.165, 1.54) is 5.56 Å². The average molecular weight is 406 g/mol. The fourth-order valence-electron chi connectivity index (χ4n) is 4.63. The molecule has 156 valence electrons. The van der Waals surface area contributed by atoms with E-state index in [1.54, 1.807) is 0 Å². The minimum atomic E-state index is -0.159. The van der Waals surface area contributed by atoms with E-state index in [-0.39, 0.29) is 18.1 Å². The molecule has 3 heterocycles. The molecule has 2 aromatic carbocycles. The van der Waals surface area contributed by atoms with Gasteiger partial charge in [0.05, 0.1) is 6.42 Å². The third kappa shape index (κ3) is 3.41. The van der Waals surface area contributed by atoms with Gasteiger partial charge in [0, 0.05) is 49.3 Å². The van der Waals surface area contributed by atoms with E-state index in [1.807, 2.05) is 31.4 Å². The van der Waals surface area contributed by atoms with Crippen molar-refractivity contribution in [3.05, 3.63) is 59.8 Å². The fourth-order valence-corrected chi connectivity index (χ4v) is 4.63. The molecule has 1 amide bonds. The van der Waals surface area contributed by atoms with Crippen LogP contribution in [-0.4, -0.2) is 37.0 Å². The summed E-state index contributed by atoms with van der Waals surface area (Å²) >= 11 is 0. The number of hydrogen-bond acceptors (Lipinski definition) is 4. The van der Waals surface area contributed by atoms with E-state index in [0.29, 0.717) is 26.2 Å². The minimum Gasteiger partial charge on any atom is -0.454 e. The van der Waals surface area contributed by atoms with Crippen LogP contribution in [0, 0.1) is 0 Å². The normalized spacial score (nSPS) is 17.2. The van der Waals surface area contributed by atoms with E-state index in [4.69, 9.17) is 14.2 Å². The molecule has 2 aliphatic heterocycles. The van der Waals surface area contributed by atoms with Crippen LogP contribution < -0.4 is 14.8 Å². The predicted octanol–water partition coefficient (Wildman–Crippen LogP) is 3.31. The van der Waals surface area contributed by atoms with Gasteiger partial charge < -0.3 is 24.1 Å². The second-order valence-electron chi connectivity index (χ2n) is 8.20. The summed E-state index contributed by atoms with van der Waals surface area (Å²) in [7, 11) is 2.01. The number of para-hydroxylation sites is 1. The number of carbonyl (C=O) groups is 1. The molecule has 30 heavy (non-hydrogen) atoms. The molecule has 6 heteroatoms. The van der Waals surface area contributed by atoms with Crippen LogP contribution in [0.4, 0.5) is 0 Å². The number of aryl methyl sites for hydroxylation is 1. The number of benzene rings is 2. The molecule has 6 nitrogen and oxygen atoms in total. The van der Waals surface area contributed by atoms with Crippen molar-refractivity contribution < 1.29 is 19.0 Å². The lowest BCUT2D eigenvalue weighted by Crippen LogP contribution is -2.45. The Balaban J connectivity index is 1.34. The molecule has 1 N–H and O–H groups in total. The van der Waals surface area contributed by atoms with Gasteiger partial charge in [0.15, 0.2) is 11.5 Å². The van der Waals surface area contributed by atoms with Crippen LogP contribution in [-0.2, 0) is 28.4 Å². The van der Waals surface area contributed by atoms with Gasteiger partial charge in [-0.25, -0.2) is 0 Å². The van der Waals surface area contributed by atoms with Crippen LogP contribution in [0.5, 0.6) is 11.5 Å². The molecule has 0 radical (unpaired) electrons. The van der Waals surface area contributed by atoms with Crippen molar-refractivity contribution in [3.8, 4) is 11.5 Å². The monoisotopic (exact) mass is 406 g/mol. The lowest BCUT2D eigenvalue weighted by molar-refractivity contribution is -0.120. The lowest BCUT2D eigenvalue weighted by Gasteiger charge is -2.38. The first kappa shape index (κ1) is 19.0. The van der Waals surface area contributed by atoms with Gasteiger partial charge in [0.25, 0.3) is 0 Å². The van der Waals surface area contributed by atoms with Crippen LogP contribution >= 0.6 is 0 Å². The van der Waals surface area contributed by atoms with Gasteiger partial charge in [0.2, 0.25) is 12.7 Å². The summed E-state index contributed by atoms with van der Waals surface area (Å²) in [6.45, 7) is 2.22. The number of nitrogens with one attached hydrogen (secondary N) is 1. The molecule has 0 atom stereocenters. The summed E-state index contributed by atoms with van der Waals surface area (Å²) in [4.78, 5) is 12.9. The molecule has 1 fully saturated rings. The Hall–Kier alpha value is -2.99. The summed E-state index contributed by atoms with van der Waals surface area (Å²) in [6.07, 6.45) is 4.14. The van der Waals surface area contributed by atoms with Gasteiger partial charge in [-0.2, -0.15) is 0 Å². The Morgan fingerprint density at radius 3 is 2.77 bits per heavy atom. The molecule has 0 unspecified atom stereocenters. The fraction of sp³-hybridized carbons (Fsp3) is 0.375. The van der Waals surface area contributed by atoms with Crippen LogP contribution in [0.2, 0.25) is 0 Å². The molecule has 1 aromatic heterocycles. The maximum atomic E-state index is 12.9. The average Bonchev–Trinajstić information content (AvgIpc) is 3.37. The van der Waals surface area contributed by atoms with E-state index in [0.717, 1.165) is 40.8 Å². The van der Waals surface area contributed by atoms with Crippen molar-refractivity contribution >= 4 is 16.8 Å². The summed E-state index contributed by atoms with van der Waals surface area (Å²) in [6, 6.07) is 14.3. The van der Waals surface area contributed by atoms with E-state index in [2.05, 4.69) is 34.1 Å². The highest BCUT2D eigenvalue weighted by molar-refractivity contribution is 5.89. The van der Waals surface area contributed by atoms with E-state index < -0.39 is 0 Å². The largest absolute Gasteiger partial charge is 0.454 e. The zero-order chi connectivity index (χ0) is 20.6.